The first-order valence-electron chi connectivity index (χ1n) is 8.65. The van der Waals surface area contributed by atoms with Gasteiger partial charge in [0.15, 0.2) is 0 Å². The second kappa shape index (κ2) is 18.2. The third kappa shape index (κ3) is 9.94. The predicted molar refractivity (Wildman–Crippen MR) is 135 cm³/mol. The molecule has 0 fully saturated rings. The van der Waals surface area contributed by atoms with Crippen LogP contribution in [0.15, 0.2) is 72.8 Å². The van der Waals surface area contributed by atoms with Gasteiger partial charge in [0.1, 0.15) is 0 Å². The van der Waals surface area contributed by atoms with Crippen molar-refractivity contribution < 1.29 is 25.8 Å². The summed E-state index contributed by atoms with van der Waals surface area (Å²) in [5.74, 6) is 0.467. The third-order valence-electron chi connectivity index (χ3n) is 4.63. The zero-order valence-corrected chi connectivity index (χ0v) is 23.6. The van der Waals surface area contributed by atoms with Crippen LogP contribution in [0, 0.1) is 57.1 Å². The Labute approximate surface area is 207 Å². The van der Waals surface area contributed by atoms with E-state index < -0.39 is 0 Å². The molecule has 3 aromatic rings. The van der Waals surface area contributed by atoms with Crippen molar-refractivity contribution in [1.82, 2.24) is 0 Å². The van der Waals surface area contributed by atoms with Crippen LogP contribution in [0.25, 0.3) is 6.08 Å². The van der Waals surface area contributed by atoms with Crippen LogP contribution in [0.4, 0.5) is 0 Å². The molecule has 1 atom stereocenters. The summed E-state index contributed by atoms with van der Waals surface area (Å²) in [6, 6.07) is 25.4. The first kappa shape index (κ1) is 35.8. The van der Waals surface area contributed by atoms with E-state index in [2.05, 4.69) is 68.5 Å². The molecule has 0 amide bonds. The standard InChI is InChI=1S/C19H19.C5H5.5CH3.Hf/c1-14-12-18-11-10-17(19(18)13-15(14)2)9-8-16-6-4-3-5-7-16;1-2-4-5-3-1;;;;;;/h3-7,11-13,17H,8-9H2,1-2H3;1-5H;5*1H3;/q7*-1;. The summed E-state index contributed by atoms with van der Waals surface area (Å²) < 4.78 is 0. The van der Waals surface area contributed by atoms with Crippen LogP contribution < -0.4 is 0 Å². The Morgan fingerprint density at radius 1 is 0.800 bits per heavy atom. The average Bonchev–Trinajstić information content (AvgIpc) is 3.28. The summed E-state index contributed by atoms with van der Waals surface area (Å²) in [5.41, 5.74) is 7.00. The molecule has 0 saturated heterocycles. The molecule has 0 aliphatic heterocycles. The van der Waals surface area contributed by atoms with Crippen molar-refractivity contribution in [2.45, 2.75) is 32.6 Å². The fraction of sp³-hybridized carbons (Fsp3) is 0.172. The molecule has 30 heavy (non-hydrogen) atoms. The van der Waals surface area contributed by atoms with Gasteiger partial charge in [-0.25, -0.2) is 18.2 Å². The Balaban J connectivity index is -0.000000274. The third-order valence-corrected chi connectivity index (χ3v) is 4.63. The number of allylic oxidation sites excluding steroid dienone is 1. The largest absolute Gasteiger partial charge is 0.358 e. The van der Waals surface area contributed by atoms with Gasteiger partial charge in [-0.2, -0.15) is 23.8 Å². The molecule has 3 aromatic carbocycles. The fourth-order valence-corrected chi connectivity index (χ4v) is 3.08. The van der Waals surface area contributed by atoms with E-state index in [0.29, 0.717) is 5.92 Å². The van der Waals surface area contributed by atoms with E-state index in [1.54, 1.807) is 0 Å². The van der Waals surface area contributed by atoms with Gasteiger partial charge in [-0.1, -0.05) is 59.9 Å². The number of hydrogen-bond acceptors (Lipinski definition) is 0. The Kier molecular flexibility index (Phi) is 21.7. The van der Waals surface area contributed by atoms with Crippen molar-refractivity contribution in [3.8, 4) is 0 Å². The molecule has 0 N–H and O–H groups in total. The Morgan fingerprint density at radius 2 is 1.37 bits per heavy atom. The molecule has 0 saturated carbocycles. The average molecular weight is 566 g/mol. The van der Waals surface area contributed by atoms with E-state index in [-0.39, 0.29) is 63.0 Å². The number of hydrogen-bond donors (Lipinski definition) is 0. The molecule has 0 bridgehead atoms. The van der Waals surface area contributed by atoms with Crippen molar-refractivity contribution in [1.29, 1.82) is 0 Å². The van der Waals surface area contributed by atoms with E-state index in [0.717, 1.165) is 12.8 Å². The normalized spacial score (nSPS) is 11.9. The van der Waals surface area contributed by atoms with E-state index in [1.807, 2.05) is 30.3 Å². The molecule has 166 valence electrons. The Hall–Kier alpha value is -1.60. The molecule has 0 spiro atoms. The van der Waals surface area contributed by atoms with Gasteiger partial charge in [-0.3, -0.25) is 6.08 Å². The molecule has 1 aliphatic rings. The van der Waals surface area contributed by atoms with Crippen LogP contribution in [0.1, 0.15) is 40.2 Å². The van der Waals surface area contributed by atoms with Crippen molar-refractivity contribution in [2.75, 3.05) is 0 Å². The van der Waals surface area contributed by atoms with Gasteiger partial charge in [0, 0.05) is 25.8 Å². The van der Waals surface area contributed by atoms with Gasteiger partial charge in [0.25, 0.3) is 0 Å². The van der Waals surface area contributed by atoms with Crippen molar-refractivity contribution in [2.24, 2.45) is 0 Å². The molecule has 1 aliphatic carbocycles. The van der Waals surface area contributed by atoms with Crippen molar-refractivity contribution in [3.05, 3.63) is 144 Å². The summed E-state index contributed by atoms with van der Waals surface area (Å²) in [4.78, 5) is 0. The zero-order chi connectivity index (χ0) is 16.8. The fourth-order valence-electron chi connectivity index (χ4n) is 3.08. The topological polar surface area (TPSA) is 0 Å². The van der Waals surface area contributed by atoms with Crippen LogP contribution >= 0.6 is 0 Å². The summed E-state index contributed by atoms with van der Waals surface area (Å²) in [7, 11) is 0. The van der Waals surface area contributed by atoms with Crippen LogP contribution in [-0.2, 0) is 32.3 Å². The molecule has 1 heteroatoms. The molecule has 0 radical (unpaired) electrons. The second-order valence-electron chi connectivity index (χ2n) is 6.42. The van der Waals surface area contributed by atoms with Crippen molar-refractivity contribution >= 4 is 6.08 Å². The minimum absolute atomic E-state index is 0. The molecule has 1 unspecified atom stereocenters. The quantitative estimate of drug-likeness (QED) is 0.221. The molecule has 0 aromatic heterocycles. The van der Waals surface area contributed by atoms with E-state index in [9.17, 15) is 0 Å². The summed E-state index contributed by atoms with van der Waals surface area (Å²) in [6.07, 6.45) is 7.96. The number of benzene rings is 2. The number of fused-ring (bicyclic) bond motifs is 1. The first-order valence-corrected chi connectivity index (χ1v) is 8.65. The van der Waals surface area contributed by atoms with E-state index >= 15 is 0 Å². The van der Waals surface area contributed by atoms with Crippen LogP contribution in [0.3, 0.4) is 0 Å². The van der Waals surface area contributed by atoms with Crippen LogP contribution in [0.2, 0.25) is 0 Å². The molecule has 4 rings (SSSR count). The Morgan fingerprint density at radius 3 is 1.90 bits per heavy atom. The second-order valence-corrected chi connectivity index (χ2v) is 6.42. The minimum Gasteiger partial charge on any atom is -0.358 e. The van der Waals surface area contributed by atoms with E-state index in [4.69, 9.17) is 0 Å². The summed E-state index contributed by atoms with van der Waals surface area (Å²) in [6.45, 7) is 4.38. The summed E-state index contributed by atoms with van der Waals surface area (Å²) in [5, 5.41) is 0. The van der Waals surface area contributed by atoms with Crippen LogP contribution in [-0.4, -0.2) is 0 Å². The monoisotopic (exact) mass is 567 g/mol. The molecule has 0 heterocycles. The first-order chi connectivity index (χ1) is 11.7. The molecular formula is C29H39Hf-7. The van der Waals surface area contributed by atoms with Gasteiger partial charge >= 0.3 is 0 Å². The van der Waals surface area contributed by atoms with Gasteiger partial charge in [0.2, 0.25) is 0 Å². The van der Waals surface area contributed by atoms with Gasteiger partial charge in [0.05, 0.1) is 0 Å². The number of rotatable bonds is 3. The predicted octanol–water partition coefficient (Wildman–Crippen LogP) is 8.50. The van der Waals surface area contributed by atoms with Crippen molar-refractivity contribution in [3.63, 3.8) is 0 Å². The van der Waals surface area contributed by atoms with Crippen LogP contribution in [0.5, 0.6) is 0 Å². The van der Waals surface area contributed by atoms with E-state index in [1.165, 1.54) is 27.8 Å². The number of aryl methyl sites for hydroxylation is 3. The zero-order valence-electron chi connectivity index (χ0n) is 20.0. The maximum absolute atomic E-state index is 3.52. The van der Waals surface area contributed by atoms with Gasteiger partial charge in [-0.15, -0.1) is 11.6 Å². The maximum Gasteiger partial charge on any atom is 0 e. The molecular weight excluding hydrogens is 527 g/mol. The minimum atomic E-state index is 0. The van der Waals surface area contributed by atoms with Gasteiger partial charge < -0.3 is 37.1 Å². The smallest absolute Gasteiger partial charge is 0 e. The molecule has 0 nitrogen and oxygen atoms in total. The summed E-state index contributed by atoms with van der Waals surface area (Å²) >= 11 is 0. The Bertz CT molecular complexity index is 766. The maximum atomic E-state index is 3.52. The van der Waals surface area contributed by atoms with Gasteiger partial charge in [-0.05, 0) is 25.8 Å². The SMILES string of the molecule is Cc1cc2c(cc1C)C(CCc1ccccc1)[C-]=C2.[CH3-].[CH3-].[CH3-].[CH3-].[CH3-].[Hf].c1cc[cH-]c1.